The number of hydrogen-bond acceptors (Lipinski definition) is 4. The van der Waals surface area contributed by atoms with Gasteiger partial charge >= 0.3 is 0 Å². The van der Waals surface area contributed by atoms with E-state index >= 15 is 0 Å². The first kappa shape index (κ1) is 12.1. The van der Waals surface area contributed by atoms with Crippen molar-refractivity contribution in [2.24, 2.45) is 0 Å². The van der Waals surface area contributed by atoms with Crippen molar-refractivity contribution in [1.29, 1.82) is 0 Å². The maximum absolute atomic E-state index is 9.68. The number of rotatable bonds is 2. The first-order chi connectivity index (χ1) is 3.93. The van der Waals surface area contributed by atoms with Crippen LogP contribution in [0.3, 0.4) is 0 Å². The summed E-state index contributed by atoms with van der Waals surface area (Å²) in [6.07, 6.45) is 3.46. The average Bonchev–Trinajstić information content (AvgIpc) is 2.19. The van der Waals surface area contributed by atoms with Crippen molar-refractivity contribution in [1.82, 2.24) is 16.1 Å². The average molecular weight is 188 g/mol. The largest absolute Gasteiger partial charge is 0.394 e. The molecule has 5 nitrogen and oxygen atoms in total. The summed E-state index contributed by atoms with van der Waals surface area (Å²) in [5.41, 5.74) is 4.61. The van der Waals surface area contributed by atoms with Crippen LogP contribution in [0, 0.1) is 0 Å². The molecule has 1 amide bonds. The van der Waals surface area contributed by atoms with Gasteiger partial charge in [0.15, 0.2) is 0 Å². The van der Waals surface area contributed by atoms with Gasteiger partial charge in [0.1, 0.15) is 6.26 Å². The summed E-state index contributed by atoms with van der Waals surface area (Å²) in [7, 11) is 0. The molecule has 1 rings (SSSR count). The summed E-state index contributed by atoms with van der Waals surface area (Å²) in [5.74, 6) is 0. The van der Waals surface area contributed by atoms with Crippen molar-refractivity contribution >= 4 is 31.2 Å². The van der Waals surface area contributed by atoms with Crippen molar-refractivity contribution in [3.63, 3.8) is 0 Å². The van der Waals surface area contributed by atoms with Crippen LogP contribution in [0.5, 0.6) is 0 Å². The number of carbonyl (C=O) groups is 1. The molecule has 0 fully saturated rings. The minimum atomic E-state index is 0. The van der Waals surface area contributed by atoms with Gasteiger partial charge in [0, 0.05) is 0 Å². The second kappa shape index (κ2) is 6.47. The molecule has 0 spiro atoms. The number of hydrazine groups is 2. The van der Waals surface area contributed by atoms with Gasteiger partial charge in [-0.05, 0) is 5.59 Å². The smallest absolute Gasteiger partial charge is 0.226 e. The molecule has 7 heteroatoms. The van der Waals surface area contributed by atoms with E-state index in [2.05, 4.69) is 15.9 Å². The van der Waals surface area contributed by atoms with E-state index in [9.17, 15) is 4.79 Å². The van der Waals surface area contributed by atoms with E-state index in [4.69, 9.17) is 0 Å². The monoisotopic (exact) mass is 187 g/mol. The summed E-state index contributed by atoms with van der Waals surface area (Å²) in [6.45, 7) is 0. The van der Waals surface area contributed by atoms with Crippen molar-refractivity contribution in [3.8, 4) is 0 Å². The standard InChI is InChI=1S/C3H5N3O2.2ClH/c7-3-4-6-1-2-8-5-6;;/h1-3,5H,(H,4,7);2*1H. The maximum Gasteiger partial charge on any atom is 0.226 e. The lowest BCUT2D eigenvalue weighted by atomic mass is 11.0. The van der Waals surface area contributed by atoms with Crippen molar-refractivity contribution in [2.45, 2.75) is 0 Å². The first-order valence-electron chi connectivity index (χ1n) is 2.00. The van der Waals surface area contributed by atoms with Crippen LogP contribution in [0.15, 0.2) is 12.5 Å². The lowest BCUT2D eigenvalue weighted by Crippen LogP contribution is -2.39. The highest BCUT2D eigenvalue weighted by atomic mass is 35.5. The summed E-state index contributed by atoms with van der Waals surface area (Å²) < 4.78 is 0. The fraction of sp³-hybridized carbons (Fsp3) is 0. The zero-order valence-corrected chi connectivity index (χ0v) is 6.45. The van der Waals surface area contributed by atoms with Crippen LogP contribution in [0.4, 0.5) is 0 Å². The molecule has 60 valence electrons. The van der Waals surface area contributed by atoms with Crippen LogP contribution in [0.25, 0.3) is 0 Å². The topological polar surface area (TPSA) is 53.6 Å². The van der Waals surface area contributed by atoms with Gasteiger partial charge in [0.2, 0.25) is 6.41 Å². The summed E-state index contributed by atoms with van der Waals surface area (Å²) in [5, 5.41) is 1.27. The van der Waals surface area contributed by atoms with Gasteiger partial charge in [-0.25, -0.2) is 0 Å². The Bertz CT molecular complexity index is 120. The molecule has 0 aromatic rings. The molecule has 0 atom stereocenters. The second-order valence-electron chi connectivity index (χ2n) is 1.11. The van der Waals surface area contributed by atoms with Gasteiger partial charge in [-0.15, -0.1) is 24.8 Å². The van der Waals surface area contributed by atoms with E-state index < -0.39 is 0 Å². The molecule has 0 saturated carbocycles. The number of hydrogen-bond donors (Lipinski definition) is 2. The van der Waals surface area contributed by atoms with E-state index in [1.807, 2.05) is 0 Å². The second-order valence-corrected chi connectivity index (χ2v) is 1.11. The van der Waals surface area contributed by atoms with Crippen LogP contribution >= 0.6 is 24.8 Å². The van der Waals surface area contributed by atoms with Crippen LogP contribution in [0.2, 0.25) is 0 Å². The van der Waals surface area contributed by atoms with Gasteiger partial charge in [0.05, 0.1) is 6.20 Å². The minimum Gasteiger partial charge on any atom is -0.394 e. The van der Waals surface area contributed by atoms with Crippen LogP contribution in [-0.4, -0.2) is 11.5 Å². The zero-order chi connectivity index (χ0) is 5.82. The summed E-state index contributed by atoms with van der Waals surface area (Å²) in [6, 6.07) is 0. The van der Waals surface area contributed by atoms with Gasteiger partial charge in [-0.2, -0.15) is 5.12 Å². The fourth-order valence-corrected chi connectivity index (χ4v) is 0.335. The van der Waals surface area contributed by atoms with Crippen LogP contribution in [0.1, 0.15) is 0 Å². The molecule has 0 unspecified atom stereocenters. The Labute approximate surface area is 70.1 Å². The van der Waals surface area contributed by atoms with Crippen molar-refractivity contribution in [2.75, 3.05) is 0 Å². The Morgan fingerprint density at radius 3 is 2.70 bits per heavy atom. The highest BCUT2D eigenvalue weighted by molar-refractivity contribution is 5.85. The van der Waals surface area contributed by atoms with Gasteiger partial charge in [-0.1, -0.05) is 0 Å². The fourth-order valence-electron chi connectivity index (χ4n) is 0.335. The van der Waals surface area contributed by atoms with E-state index in [1.54, 1.807) is 0 Å². The van der Waals surface area contributed by atoms with Crippen LogP contribution < -0.4 is 11.0 Å². The highest BCUT2D eigenvalue weighted by Gasteiger charge is 1.98. The lowest BCUT2D eigenvalue weighted by molar-refractivity contribution is -0.116. The summed E-state index contributed by atoms with van der Waals surface area (Å²) >= 11 is 0. The molecule has 0 aromatic carbocycles. The zero-order valence-electron chi connectivity index (χ0n) is 4.81. The number of nitrogens with zero attached hydrogens (tertiary/aromatic N) is 1. The normalized spacial score (nSPS) is 12.6. The Hall–Kier alpha value is -0.650. The first-order valence-corrected chi connectivity index (χ1v) is 2.00. The maximum atomic E-state index is 9.68. The molecule has 0 saturated heterocycles. The quantitative estimate of drug-likeness (QED) is 0.585. The van der Waals surface area contributed by atoms with E-state index in [0.717, 1.165) is 0 Å². The third-order valence-electron chi connectivity index (χ3n) is 0.621. The Balaban J connectivity index is 0. The molecular weight excluding hydrogens is 181 g/mol. The van der Waals surface area contributed by atoms with Crippen LogP contribution in [-0.2, 0) is 9.63 Å². The van der Waals surface area contributed by atoms with Gasteiger partial charge in [0.25, 0.3) is 0 Å². The van der Waals surface area contributed by atoms with Crippen molar-refractivity contribution < 1.29 is 9.63 Å². The molecule has 1 aliphatic rings. The summed E-state index contributed by atoms with van der Waals surface area (Å²) in [4.78, 5) is 14.2. The number of halogens is 2. The number of amides is 1. The molecule has 0 aromatic heterocycles. The molecule has 10 heavy (non-hydrogen) atoms. The molecule has 0 bridgehead atoms. The van der Waals surface area contributed by atoms with E-state index in [-0.39, 0.29) is 24.8 Å². The number of carbonyl (C=O) groups excluding carboxylic acids is 1. The Kier molecular flexibility index (Phi) is 7.81. The Morgan fingerprint density at radius 2 is 2.30 bits per heavy atom. The lowest BCUT2D eigenvalue weighted by Gasteiger charge is -2.09. The third kappa shape index (κ3) is 3.39. The molecule has 2 N–H and O–H groups in total. The predicted molar refractivity (Wildman–Crippen MR) is 38.9 cm³/mol. The predicted octanol–water partition coefficient (Wildman–Crippen LogP) is -0.286. The third-order valence-corrected chi connectivity index (χ3v) is 0.621. The molecule has 1 aliphatic heterocycles. The van der Waals surface area contributed by atoms with Gasteiger partial charge in [-0.3, -0.25) is 10.2 Å². The van der Waals surface area contributed by atoms with Gasteiger partial charge < -0.3 is 4.84 Å². The number of nitrogens with one attached hydrogen (secondary N) is 2. The molecule has 0 radical (unpaired) electrons. The van der Waals surface area contributed by atoms with E-state index in [1.165, 1.54) is 17.6 Å². The van der Waals surface area contributed by atoms with Crippen molar-refractivity contribution in [3.05, 3.63) is 12.5 Å². The van der Waals surface area contributed by atoms with E-state index in [0.29, 0.717) is 6.41 Å². The minimum absolute atomic E-state index is 0. The molecular formula is C3H7Cl2N3O2. The SMILES string of the molecule is Cl.Cl.O=CNN1C=CON1. The molecule has 0 aliphatic carbocycles. The highest BCUT2D eigenvalue weighted by Crippen LogP contribution is 1.86. The Morgan fingerprint density at radius 1 is 1.60 bits per heavy atom. The molecule has 1 heterocycles.